The third kappa shape index (κ3) is 2.13. The van der Waals surface area contributed by atoms with Gasteiger partial charge >= 0.3 is 0 Å². The molecule has 0 aliphatic heterocycles. The van der Waals surface area contributed by atoms with Gasteiger partial charge in [-0.15, -0.1) is 0 Å². The molecule has 90 valence electrons. The lowest BCUT2D eigenvalue weighted by Crippen LogP contribution is -1.96. The minimum Gasteiger partial charge on any atom is -0.383 e. The van der Waals surface area contributed by atoms with E-state index in [1.54, 1.807) is 4.57 Å². The molecule has 0 aliphatic rings. The van der Waals surface area contributed by atoms with Gasteiger partial charge in [0, 0.05) is 12.6 Å². The smallest absolute Gasteiger partial charge is 0.178 e. The fourth-order valence-electron chi connectivity index (χ4n) is 1.79. The Morgan fingerprint density at radius 1 is 1.24 bits per heavy atom. The summed E-state index contributed by atoms with van der Waals surface area (Å²) in [5.41, 5.74) is 9.28. The Morgan fingerprint density at radius 2 is 1.82 bits per heavy atom. The maximum absolute atomic E-state index is 6.00. The highest BCUT2D eigenvalue weighted by atomic mass is 32.1. The van der Waals surface area contributed by atoms with Gasteiger partial charge in [0.25, 0.3) is 0 Å². The lowest BCUT2D eigenvalue weighted by Gasteiger charge is -2.06. The van der Waals surface area contributed by atoms with Gasteiger partial charge in [0.15, 0.2) is 4.77 Å². The Hall–Kier alpha value is -1.55. The topological polar surface area (TPSA) is 46.7 Å². The van der Waals surface area contributed by atoms with Crippen molar-refractivity contribution in [1.82, 2.24) is 9.55 Å². The van der Waals surface area contributed by atoms with Crippen molar-refractivity contribution >= 4 is 18.0 Å². The van der Waals surface area contributed by atoms with Crippen molar-refractivity contribution in [3.63, 3.8) is 0 Å². The number of imidazole rings is 1. The number of aromatic amines is 1. The zero-order valence-corrected chi connectivity index (χ0v) is 11.1. The molecule has 0 unspecified atom stereocenters. The molecule has 0 amide bonds. The van der Waals surface area contributed by atoms with Crippen LogP contribution in [0.3, 0.4) is 0 Å². The second kappa shape index (κ2) is 4.37. The molecule has 3 N–H and O–H groups in total. The SMILES string of the molecule is CC(C)c1ccc(-c2[nH]c(=S)n(C)c2N)cc1. The minimum absolute atomic E-state index is 0.538. The van der Waals surface area contributed by atoms with Crippen LogP contribution in [0, 0.1) is 4.77 Å². The first-order valence-corrected chi connectivity index (χ1v) is 6.06. The van der Waals surface area contributed by atoms with E-state index in [-0.39, 0.29) is 0 Å². The zero-order chi connectivity index (χ0) is 12.6. The van der Waals surface area contributed by atoms with E-state index in [0.717, 1.165) is 11.3 Å². The molecule has 1 heterocycles. The molecule has 2 aromatic rings. The highest BCUT2D eigenvalue weighted by Gasteiger charge is 2.08. The average Bonchev–Trinajstić information content (AvgIpc) is 2.57. The number of benzene rings is 1. The van der Waals surface area contributed by atoms with Crippen molar-refractivity contribution in [2.75, 3.05) is 5.73 Å². The van der Waals surface area contributed by atoms with E-state index in [2.05, 4.69) is 43.1 Å². The average molecular weight is 247 g/mol. The summed E-state index contributed by atoms with van der Waals surface area (Å²) < 4.78 is 2.42. The van der Waals surface area contributed by atoms with Gasteiger partial charge in [-0.1, -0.05) is 38.1 Å². The second-order valence-corrected chi connectivity index (χ2v) is 4.91. The molecule has 0 atom stereocenters. The molecule has 0 spiro atoms. The molecule has 4 heteroatoms. The summed E-state index contributed by atoms with van der Waals surface area (Å²) in [5.74, 6) is 1.21. The number of anilines is 1. The van der Waals surface area contributed by atoms with Crippen LogP contribution in [0.5, 0.6) is 0 Å². The Morgan fingerprint density at radius 3 is 2.24 bits per heavy atom. The van der Waals surface area contributed by atoms with Crippen molar-refractivity contribution < 1.29 is 0 Å². The highest BCUT2D eigenvalue weighted by Crippen LogP contribution is 2.26. The van der Waals surface area contributed by atoms with Crippen LogP contribution in [0.1, 0.15) is 25.3 Å². The first kappa shape index (κ1) is 11.9. The summed E-state index contributed by atoms with van der Waals surface area (Å²) in [5, 5.41) is 0. The number of rotatable bonds is 2. The van der Waals surface area contributed by atoms with E-state index in [1.807, 2.05) is 7.05 Å². The van der Waals surface area contributed by atoms with Crippen molar-refractivity contribution in [2.45, 2.75) is 19.8 Å². The Bertz CT molecular complexity index is 576. The maximum Gasteiger partial charge on any atom is 0.178 e. The number of nitrogens with zero attached hydrogens (tertiary/aromatic N) is 1. The zero-order valence-electron chi connectivity index (χ0n) is 10.3. The predicted octanol–water partition coefficient (Wildman–Crippen LogP) is 3.46. The van der Waals surface area contributed by atoms with Gasteiger partial charge in [-0.3, -0.25) is 0 Å². The Labute approximate surface area is 106 Å². The number of hydrogen-bond acceptors (Lipinski definition) is 2. The monoisotopic (exact) mass is 247 g/mol. The Balaban J connectivity index is 2.47. The van der Waals surface area contributed by atoms with Gasteiger partial charge in [-0.25, -0.2) is 0 Å². The van der Waals surface area contributed by atoms with Crippen LogP contribution in [0.4, 0.5) is 5.82 Å². The van der Waals surface area contributed by atoms with Gasteiger partial charge in [0.2, 0.25) is 0 Å². The van der Waals surface area contributed by atoms with Crippen LogP contribution >= 0.6 is 12.2 Å². The number of nitrogens with one attached hydrogen (secondary N) is 1. The van der Waals surface area contributed by atoms with Gasteiger partial charge in [-0.05, 0) is 23.7 Å². The third-order valence-electron chi connectivity index (χ3n) is 3.02. The van der Waals surface area contributed by atoms with Gasteiger partial charge < -0.3 is 15.3 Å². The Kier molecular flexibility index (Phi) is 3.07. The molecule has 0 radical (unpaired) electrons. The first-order chi connectivity index (χ1) is 8.00. The molecule has 0 aliphatic carbocycles. The quantitative estimate of drug-likeness (QED) is 0.798. The van der Waals surface area contributed by atoms with E-state index < -0.39 is 0 Å². The highest BCUT2D eigenvalue weighted by molar-refractivity contribution is 7.71. The normalized spacial score (nSPS) is 11.1. The summed E-state index contributed by atoms with van der Waals surface area (Å²) in [6, 6.07) is 8.41. The van der Waals surface area contributed by atoms with E-state index in [1.165, 1.54) is 5.56 Å². The largest absolute Gasteiger partial charge is 0.383 e. The lowest BCUT2D eigenvalue weighted by atomic mass is 10.0. The third-order valence-corrected chi connectivity index (χ3v) is 3.40. The molecule has 2 rings (SSSR count). The fraction of sp³-hybridized carbons (Fsp3) is 0.308. The molecule has 3 nitrogen and oxygen atoms in total. The summed E-state index contributed by atoms with van der Waals surface area (Å²) in [6.45, 7) is 4.36. The summed E-state index contributed by atoms with van der Waals surface area (Å²) >= 11 is 5.16. The summed E-state index contributed by atoms with van der Waals surface area (Å²) in [4.78, 5) is 3.13. The van der Waals surface area contributed by atoms with Gasteiger partial charge in [0.05, 0.1) is 5.69 Å². The molecule has 0 bridgehead atoms. The van der Waals surface area contributed by atoms with Crippen molar-refractivity contribution in [2.24, 2.45) is 7.05 Å². The molecular weight excluding hydrogens is 230 g/mol. The number of nitrogens with two attached hydrogens (primary N) is 1. The van der Waals surface area contributed by atoms with E-state index in [4.69, 9.17) is 18.0 Å². The molecule has 0 saturated carbocycles. The molecule has 17 heavy (non-hydrogen) atoms. The molecule has 0 fully saturated rings. The molecule has 1 aromatic heterocycles. The predicted molar refractivity (Wildman–Crippen MR) is 74.5 cm³/mol. The van der Waals surface area contributed by atoms with Gasteiger partial charge in [0.1, 0.15) is 5.82 Å². The fourth-order valence-corrected chi connectivity index (χ4v) is 1.99. The van der Waals surface area contributed by atoms with Crippen LogP contribution in [0.15, 0.2) is 24.3 Å². The molecule has 0 saturated heterocycles. The molecule has 1 aromatic carbocycles. The number of hydrogen-bond donors (Lipinski definition) is 2. The number of H-pyrrole nitrogens is 1. The van der Waals surface area contributed by atoms with Crippen LogP contribution in [-0.2, 0) is 7.05 Å². The van der Waals surface area contributed by atoms with Crippen molar-refractivity contribution in [3.05, 3.63) is 34.6 Å². The van der Waals surface area contributed by atoms with Crippen molar-refractivity contribution in [3.8, 4) is 11.3 Å². The summed E-state index contributed by atoms with van der Waals surface area (Å²) in [7, 11) is 1.86. The van der Waals surface area contributed by atoms with E-state index >= 15 is 0 Å². The van der Waals surface area contributed by atoms with Gasteiger partial charge in [-0.2, -0.15) is 0 Å². The molecular formula is C13H17N3S. The van der Waals surface area contributed by atoms with Crippen molar-refractivity contribution in [1.29, 1.82) is 0 Å². The minimum atomic E-state index is 0.538. The first-order valence-electron chi connectivity index (χ1n) is 5.65. The van der Waals surface area contributed by atoms with Crippen LogP contribution in [0.2, 0.25) is 0 Å². The van der Waals surface area contributed by atoms with Crippen LogP contribution in [-0.4, -0.2) is 9.55 Å². The van der Waals surface area contributed by atoms with Crippen LogP contribution in [0.25, 0.3) is 11.3 Å². The summed E-state index contributed by atoms with van der Waals surface area (Å²) in [6.07, 6.45) is 0. The number of nitrogen functional groups attached to an aromatic ring is 1. The van der Waals surface area contributed by atoms with E-state index in [0.29, 0.717) is 16.5 Å². The second-order valence-electron chi connectivity index (χ2n) is 4.53. The maximum atomic E-state index is 6.00. The standard InChI is InChI=1S/C13H17N3S/c1-8(2)9-4-6-10(7-5-9)11-12(14)16(3)13(17)15-11/h4-8H,14H2,1-3H3,(H,15,17). The van der Waals surface area contributed by atoms with E-state index in [9.17, 15) is 0 Å². The van der Waals surface area contributed by atoms with Crippen LogP contribution < -0.4 is 5.73 Å². The lowest BCUT2D eigenvalue weighted by molar-refractivity contribution is 0.867. The number of aromatic nitrogens is 2.